The summed E-state index contributed by atoms with van der Waals surface area (Å²) in [6.07, 6.45) is 5.72. The Balaban J connectivity index is 1.47. The predicted molar refractivity (Wildman–Crippen MR) is 116 cm³/mol. The molecule has 148 valence electrons. The van der Waals surface area contributed by atoms with E-state index in [1.807, 2.05) is 54.6 Å². The van der Waals surface area contributed by atoms with Gasteiger partial charge in [-0.05, 0) is 47.4 Å². The molecule has 1 aliphatic heterocycles. The molecule has 0 bridgehead atoms. The number of carbonyl (C=O) groups is 2. The van der Waals surface area contributed by atoms with Crippen LogP contribution < -0.4 is 9.47 Å². The van der Waals surface area contributed by atoms with Gasteiger partial charge in [0.15, 0.2) is 5.76 Å². The Bertz CT molecular complexity index is 1140. The molecular formula is C26H20O4. The van der Waals surface area contributed by atoms with Gasteiger partial charge in [0.2, 0.25) is 5.78 Å². The molecule has 0 saturated heterocycles. The van der Waals surface area contributed by atoms with E-state index in [2.05, 4.69) is 6.92 Å². The summed E-state index contributed by atoms with van der Waals surface area (Å²) in [6.45, 7) is 2.09. The number of benzene rings is 3. The molecule has 0 N–H and O–H groups in total. The molecule has 0 fully saturated rings. The number of ketones is 1. The van der Waals surface area contributed by atoms with Crippen LogP contribution in [0.15, 0.2) is 84.6 Å². The Labute approximate surface area is 175 Å². The zero-order valence-electron chi connectivity index (χ0n) is 16.5. The zero-order chi connectivity index (χ0) is 20.9. The molecule has 0 atom stereocenters. The van der Waals surface area contributed by atoms with Crippen molar-refractivity contribution in [3.8, 4) is 11.5 Å². The lowest BCUT2D eigenvalue weighted by atomic mass is 10.1. The highest BCUT2D eigenvalue weighted by molar-refractivity contribution is 6.14. The zero-order valence-corrected chi connectivity index (χ0v) is 16.5. The number of carbonyl (C=O) groups excluding carboxylic acids is 2. The number of fused-ring (bicyclic) bond motifs is 1. The van der Waals surface area contributed by atoms with Crippen LogP contribution >= 0.6 is 0 Å². The van der Waals surface area contributed by atoms with Crippen LogP contribution in [0.3, 0.4) is 0 Å². The SMILES string of the molecule is CCc1ccc(/C=C2\Oc3cc(OC(=O)/C=C/c4ccccc4)ccc3C2=O)cc1. The molecular weight excluding hydrogens is 376 g/mol. The first-order valence-corrected chi connectivity index (χ1v) is 9.74. The summed E-state index contributed by atoms with van der Waals surface area (Å²) >= 11 is 0. The lowest BCUT2D eigenvalue weighted by Gasteiger charge is -2.03. The van der Waals surface area contributed by atoms with E-state index in [0.29, 0.717) is 17.1 Å². The summed E-state index contributed by atoms with van der Waals surface area (Å²) in [5.74, 6) is 0.259. The first-order valence-electron chi connectivity index (χ1n) is 9.74. The van der Waals surface area contributed by atoms with Crippen LogP contribution in [0.1, 0.15) is 34.0 Å². The molecule has 0 radical (unpaired) electrons. The van der Waals surface area contributed by atoms with Crippen molar-refractivity contribution < 1.29 is 19.1 Å². The van der Waals surface area contributed by atoms with Gasteiger partial charge in [0.05, 0.1) is 5.56 Å². The number of hydrogen-bond donors (Lipinski definition) is 0. The van der Waals surface area contributed by atoms with Crippen molar-refractivity contribution in [1.82, 2.24) is 0 Å². The maximum atomic E-state index is 12.6. The average Bonchev–Trinajstić information content (AvgIpc) is 3.08. The van der Waals surface area contributed by atoms with Crippen LogP contribution in [0.5, 0.6) is 11.5 Å². The Hall–Kier alpha value is -3.92. The van der Waals surface area contributed by atoms with Gasteiger partial charge in [-0.2, -0.15) is 0 Å². The van der Waals surface area contributed by atoms with Crippen molar-refractivity contribution in [1.29, 1.82) is 0 Å². The molecule has 4 rings (SSSR count). The second kappa shape index (κ2) is 8.62. The van der Waals surface area contributed by atoms with Crippen molar-refractivity contribution in [2.75, 3.05) is 0 Å². The van der Waals surface area contributed by atoms with Crippen LogP contribution in [0.4, 0.5) is 0 Å². The largest absolute Gasteiger partial charge is 0.452 e. The summed E-state index contributed by atoms with van der Waals surface area (Å²) in [7, 11) is 0. The topological polar surface area (TPSA) is 52.6 Å². The van der Waals surface area contributed by atoms with Gasteiger partial charge < -0.3 is 9.47 Å². The Morgan fingerprint density at radius 1 is 0.967 bits per heavy atom. The quantitative estimate of drug-likeness (QED) is 0.325. The second-order valence-corrected chi connectivity index (χ2v) is 6.86. The van der Waals surface area contributed by atoms with E-state index >= 15 is 0 Å². The van der Waals surface area contributed by atoms with E-state index in [0.717, 1.165) is 17.5 Å². The highest BCUT2D eigenvalue weighted by atomic mass is 16.5. The van der Waals surface area contributed by atoms with E-state index < -0.39 is 5.97 Å². The smallest absolute Gasteiger partial charge is 0.336 e. The van der Waals surface area contributed by atoms with Crippen LogP contribution in [0, 0.1) is 0 Å². The van der Waals surface area contributed by atoms with E-state index in [1.165, 1.54) is 11.6 Å². The Morgan fingerprint density at radius 2 is 1.73 bits per heavy atom. The monoisotopic (exact) mass is 396 g/mol. The number of aryl methyl sites for hydroxylation is 1. The van der Waals surface area contributed by atoms with Crippen molar-refractivity contribution >= 4 is 23.9 Å². The van der Waals surface area contributed by atoms with Gasteiger partial charge in [0.25, 0.3) is 0 Å². The molecule has 4 nitrogen and oxygen atoms in total. The highest BCUT2D eigenvalue weighted by Crippen LogP contribution is 2.35. The third kappa shape index (κ3) is 4.39. The van der Waals surface area contributed by atoms with Gasteiger partial charge in [-0.3, -0.25) is 4.79 Å². The lowest BCUT2D eigenvalue weighted by molar-refractivity contribution is -0.128. The predicted octanol–water partition coefficient (Wildman–Crippen LogP) is 5.48. The summed E-state index contributed by atoms with van der Waals surface area (Å²) in [6, 6.07) is 22.2. The third-order valence-electron chi connectivity index (χ3n) is 4.76. The van der Waals surface area contributed by atoms with E-state index in [4.69, 9.17) is 9.47 Å². The van der Waals surface area contributed by atoms with Gasteiger partial charge >= 0.3 is 5.97 Å². The molecule has 1 heterocycles. The minimum absolute atomic E-state index is 0.189. The van der Waals surface area contributed by atoms with Crippen LogP contribution in [-0.2, 0) is 11.2 Å². The second-order valence-electron chi connectivity index (χ2n) is 6.86. The number of allylic oxidation sites excluding steroid dienone is 1. The third-order valence-corrected chi connectivity index (χ3v) is 4.76. The van der Waals surface area contributed by atoms with Crippen LogP contribution in [0.25, 0.3) is 12.2 Å². The average molecular weight is 396 g/mol. The molecule has 0 aromatic heterocycles. The van der Waals surface area contributed by atoms with E-state index in [1.54, 1.807) is 30.4 Å². The van der Waals surface area contributed by atoms with Crippen LogP contribution in [-0.4, -0.2) is 11.8 Å². The molecule has 0 spiro atoms. The maximum Gasteiger partial charge on any atom is 0.336 e. The van der Waals surface area contributed by atoms with E-state index in [9.17, 15) is 9.59 Å². The highest BCUT2D eigenvalue weighted by Gasteiger charge is 2.27. The molecule has 3 aromatic rings. The number of esters is 1. The number of ether oxygens (including phenoxy) is 2. The van der Waals surface area contributed by atoms with Crippen molar-refractivity contribution in [3.05, 3.63) is 107 Å². The fourth-order valence-electron chi connectivity index (χ4n) is 3.11. The number of hydrogen-bond acceptors (Lipinski definition) is 4. The molecule has 0 amide bonds. The minimum atomic E-state index is -0.505. The maximum absolute atomic E-state index is 12.6. The van der Waals surface area contributed by atoms with Gasteiger partial charge in [-0.1, -0.05) is 61.5 Å². The first kappa shape index (κ1) is 19.4. The Morgan fingerprint density at radius 3 is 2.47 bits per heavy atom. The van der Waals surface area contributed by atoms with Crippen molar-refractivity contribution in [3.63, 3.8) is 0 Å². The van der Waals surface area contributed by atoms with Gasteiger partial charge in [0.1, 0.15) is 11.5 Å². The Kier molecular flexibility index (Phi) is 5.57. The van der Waals surface area contributed by atoms with Gasteiger partial charge in [-0.15, -0.1) is 0 Å². The van der Waals surface area contributed by atoms with E-state index in [-0.39, 0.29) is 11.5 Å². The summed E-state index contributed by atoms with van der Waals surface area (Å²) in [4.78, 5) is 24.7. The molecule has 3 aromatic carbocycles. The lowest BCUT2D eigenvalue weighted by Crippen LogP contribution is -2.03. The van der Waals surface area contributed by atoms with Gasteiger partial charge in [-0.25, -0.2) is 4.79 Å². The molecule has 0 aliphatic carbocycles. The molecule has 1 aliphatic rings. The summed E-state index contributed by atoms with van der Waals surface area (Å²) < 4.78 is 11.1. The van der Waals surface area contributed by atoms with Crippen molar-refractivity contribution in [2.45, 2.75) is 13.3 Å². The fourth-order valence-corrected chi connectivity index (χ4v) is 3.11. The number of Topliss-reactive ketones (excluding diaryl/α,β-unsaturated/α-hetero) is 1. The standard InChI is InChI=1S/C26H20O4/c1-2-18-8-10-20(11-9-18)16-24-26(28)22-14-13-21(17-23(22)30-24)29-25(27)15-12-19-6-4-3-5-7-19/h3-17H,2H2,1H3/b15-12+,24-16-. The molecule has 0 unspecified atom stereocenters. The van der Waals surface area contributed by atoms with Crippen molar-refractivity contribution in [2.24, 2.45) is 0 Å². The molecule has 30 heavy (non-hydrogen) atoms. The minimum Gasteiger partial charge on any atom is -0.452 e. The molecule has 4 heteroatoms. The summed E-state index contributed by atoms with van der Waals surface area (Å²) in [5.41, 5.74) is 3.47. The fraction of sp³-hybridized carbons (Fsp3) is 0.0769. The normalized spacial score (nSPS) is 14.0. The van der Waals surface area contributed by atoms with Crippen LogP contribution in [0.2, 0.25) is 0 Å². The number of rotatable bonds is 5. The first-order chi connectivity index (χ1) is 14.6. The van der Waals surface area contributed by atoms with Gasteiger partial charge in [0, 0.05) is 12.1 Å². The summed E-state index contributed by atoms with van der Waals surface area (Å²) in [5, 5.41) is 0. The molecule has 0 saturated carbocycles.